The predicted molar refractivity (Wildman–Crippen MR) is 208 cm³/mol. The predicted octanol–water partition coefficient (Wildman–Crippen LogP) is 11.4. The number of hydrogen-bond donors (Lipinski definition) is 0. The van der Waals surface area contributed by atoms with Gasteiger partial charge >= 0.3 is 6.16 Å². The van der Waals surface area contributed by atoms with Crippen molar-refractivity contribution in [3.8, 4) is 22.6 Å². The Labute approximate surface area is 309 Å². The molecule has 0 aromatic heterocycles. The summed E-state index contributed by atoms with van der Waals surface area (Å²) in [5.41, 5.74) is 9.98. The summed E-state index contributed by atoms with van der Waals surface area (Å²) in [6.07, 6.45) is 0.0506. The molecule has 0 saturated heterocycles. The Bertz CT molecular complexity index is 1980. The van der Waals surface area contributed by atoms with Crippen molar-refractivity contribution in [1.29, 1.82) is 0 Å². The van der Waals surface area contributed by atoms with Crippen LogP contribution in [-0.4, -0.2) is 49.7 Å². The molecule has 9 heteroatoms. The SMILES string of the molecule is CCC(=C(c1ccc(OCCN(CCCl)P(C)(=O)Cl)cc1)c1ccc(OC(=O)OCC2c3ccccc3-c3ccccc32)cc1)c1ccccc1. The molecule has 6 nitrogen and oxygen atoms in total. The molecule has 262 valence electrons. The smallest absolute Gasteiger partial charge is 0.492 e. The Morgan fingerprint density at radius 3 is 1.82 bits per heavy atom. The second-order valence-corrected chi connectivity index (χ2v) is 16.7. The first-order chi connectivity index (χ1) is 24.8. The van der Waals surface area contributed by atoms with Gasteiger partial charge in [0.15, 0.2) is 0 Å². The average Bonchev–Trinajstić information content (AvgIpc) is 3.47. The molecule has 51 heavy (non-hydrogen) atoms. The van der Waals surface area contributed by atoms with Gasteiger partial charge in [-0.3, -0.25) is 4.57 Å². The van der Waals surface area contributed by atoms with Gasteiger partial charge in [0, 0.05) is 31.6 Å². The quantitative estimate of drug-likeness (QED) is 0.0371. The molecule has 0 aliphatic heterocycles. The summed E-state index contributed by atoms with van der Waals surface area (Å²) < 4.78 is 31.3. The van der Waals surface area contributed by atoms with Crippen molar-refractivity contribution < 1.29 is 23.6 Å². The van der Waals surface area contributed by atoms with E-state index >= 15 is 0 Å². The van der Waals surface area contributed by atoms with Crippen LogP contribution in [0.5, 0.6) is 11.5 Å². The Morgan fingerprint density at radius 1 is 0.725 bits per heavy atom. The van der Waals surface area contributed by atoms with Crippen LogP contribution in [-0.2, 0) is 9.30 Å². The van der Waals surface area contributed by atoms with E-state index in [1.54, 1.807) is 16.8 Å². The maximum Gasteiger partial charge on any atom is 0.513 e. The van der Waals surface area contributed by atoms with Gasteiger partial charge in [-0.1, -0.05) is 110 Å². The van der Waals surface area contributed by atoms with Crippen LogP contribution in [0.15, 0.2) is 127 Å². The van der Waals surface area contributed by atoms with Gasteiger partial charge in [0.1, 0.15) is 24.7 Å². The lowest BCUT2D eigenvalue weighted by Crippen LogP contribution is -2.26. The minimum Gasteiger partial charge on any atom is -0.492 e. The van der Waals surface area contributed by atoms with E-state index in [1.807, 2.05) is 78.9 Å². The fraction of sp³-hybridized carbons (Fsp3) is 0.214. The summed E-state index contributed by atoms with van der Waals surface area (Å²) in [6.45, 7) is 2.03. The molecule has 0 N–H and O–H groups in total. The third kappa shape index (κ3) is 8.77. The van der Waals surface area contributed by atoms with Crippen LogP contribution in [0.1, 0.15) is 47.1 Å². The standard InChI is InChI=1S/C42H40Cl2NO5P/c1-3-35(30-11-5-4-6-12-30)41(31-17-21-33(22-18-31)48-28-27-45(26-25-43)51(2,44)47)32-19-23-34(24-20-32)50-42(46)49-29-40-38-15-9-7-13-36(38)37-14-8-10-16-39(37)40/h4-24,40H,3,25-29H2,1-2H3. The van der Waals surface area contributed by atoms with Crippen molar-refractivity contribution in [3.63, 3.8) is 0 Å². The van der Waals surface area contributed by atoms with E-state index in [-0.39, 0.29) is 12.5 Å². The molecule has 0 heterocycles. The van der Waals surface area contributed by atoms with Gasteiger partial charge in [-0.25, -0.2) is 9.46 Å². The third-order valence-electron chi connectivity index (χ3n) is 9.06. The lowest BCUT2D eigenvalue weighted by atomic mass is 9.88. The Morgan fingerprint density at radius 2 is 1.27 bits per heavy atom. The first kappa shape index (κ1) is 36.5. The molecule has 0 spiro atoms. The molecule has 5 aromatic rings. The summed E-state index contributed by atoms with van der Waals surface area (Å²) >= 11 is 12.0. The summed E-state index contributed by atoms with van der Waals surface area (Å²) in [4.78, 5) is 12.9. The van der Waals surface area contributed by atoms with Crippen molar-refractivity contribution >= 4 is 46.8 Å². The van der Waals surface area contributed by atoms with Crippen molar-refractivity contribution in [2.75, 3.05) is 38.8 Å². The molecule has 0 fully saturated rings. The number of rotatable bonds is 14. The second kappa shape index (κ2) is 16.8. The molecular weight excluding hydrogens is 700 g/mol. The van der Waals surface area contributed by atoms with Gasteiger partial charge in [-0.15, -0.1) is 11.6 Å². The van der Waals surface area contributed by atoms with Crippen LogP contribution in [0.4, 0.5) is 4.79 Å². The number of nitrogens with zero attached hydrogens (tertiary/aromatic N) is 1. The van der Waals surface area contributed by atoms with Gasteiger partial charge in [0.2, 0.25) is 6.65 Å². The minimum absolute atomic E-state index is 0.0477. The maximum atomic E-state index is 12.9. The Hall–Kier alpha value is -4.32. The number of benzene rings is 5. The zero-order chi connectivity index (χ0) is 35.8. The van der Waals surface area contributed by atoms with Gasteiger partial charge < -0.3 is 14.2 Å². The van der Waals surface area contributed by atoms with Crippen LogP contribution >= 0.6 is 29.5 Å². The number of allylic oxidation sites excluding steroid dienone is 1. The zero-order valence-electron chi connectivity index (χ0n) is 28.6. The highest BCUT2D eigenvalue weighted by Crippen LogP contribution is 2.50. The van der Waals surface area contributed by atoms with Crippen LogP contribution in [0, 0.1) is 0 Å². The highest BCUT2D eigenvalue weighted by Gasteiger charge is 2.29. The van der Waals surface area contributed by atoms with Crippen molar-refractivity contribution in [1.82, 2.24) is 4.67 Å². The maximum absolute atomic E-state index is 12.9. The molecule has 1 aliphatic carbocycles. The number of carbonyl (C=O) groups is 1. The molecule has 0 amide bonds. The van der Waals surface area contributed by atoms with Crippen LogP contribution in [0.2, 0.25) is 0 Å². The first-order valence-electron chi connectivity index (χ1n) is 17.0. The van der Waals surface area contributed by atoms with E-state index in [0.29, 0.717) is 37.1 Å². The van der Waals surface area contributed by atoms with Crippen molar-refractivity contribution in [2.24, 2.45) is 0 Å². The number of fused-ring (bicyclic) bond motifs is 3. The largest absolute Gasteiger partial charge is 0.513 e. The fourth-order valence-corrected chi connectivity index (χ4v) is 8.31. The van der Waals surface area contributed by atoms with E-state index in [0.717, 1.165) is 39.8 Å². The monoisotopic (exact) mass is 739 g/mol. The average molecular weight is 741 g/mol. The van der Waals surface area contributed by atoms with Gasteiger partial charge in [0.05, 0.1) is 0 Å². The normalized spacial score (nSPS) is 13.9. The summed E-state index contributed by atoms with van der Waals surface area (Å²) in [5, 5.41) is 0. The minimum atomic E-state index is -2.95. The van der Waals surface area contributed by atoms with E-state index < -0.39 is 12.8 Å². The number of carbonyl (C=O) groups excluding carboxylic acids is 1. The van der Waals surface area contributed by atoms with E-state index in [9.17, 15) is 9.36 Å². The number of hydrogen-bond acceptors (Lipinski definition) is 5. The first-order valence-corrected chi connectivity index (χ1v) is 20.5. The summed E-state index contributed by atoms with van der Waals surface area (Å²) in [7, 11) is 0. The molecule has 1 unspecified atom stereocenters. The van der Waals surface area contributed by atoms with E-state index in [1.165, 1.54) is 23.4 Å². The highest BCUT2D eigenvalue weighted by molar-refractivity contribution is 7.86. The van der Waals surface area contributed by atoms with E-state index in [2.05, 4.69) is 43.3 Å². The molecule has 1 aliphatic rings. The molecular formula is C42H40Cl2NO5P. The Kier molecular flexibility index (Phi) is 12.0. The van der Waals surface area contributed by atoms with Crippen LogP contribution in [0.3, 0.4) is 0 Å². The number of alkyl halides is 1. The van der Waals surface area contributed by atoms with Crippen molar-refractivity contribution in [2.45, 2.75) is 19.3 Å². The van der Waals surface area contributed by atoms with E-state index in [4.69, 9.17) is 37.1 Å². The summed E-state index contributed by atoms with van der Waals surface area (Å²) in [5.74, 6) is 1.37. The zero-order valence-corrected chi connectivity index (χ0v) is 31.0. The second-order valence-electron chi connectivity index (χ2n) is 12.3. The highest BCUT2D eigenvalue weighted by atomic mass is 35.7. The molecule has 0 saturated carbocycles. The van der Waals surface area contributed by atoms with Crippen molar-refractivity contribution in [3.05, 3.63) is 155 Å². The summed E-state index contributed by atoms with van der Waals surface area (Å²) in [6, 6.07) is 42.2. The lowest BCUT2D eigenvalue weighted by molar-refractivity contribution is 0.0965. The molecule has 1 atom stereocenters. The fourth-order valence-electron chi connectivity index (χ4n) is 6.64. The molecule has 0 bridgehead atoms. The topological polar surface area (TPSA) is 65.1 Å². The van der Waals surface area contributed by atoms with Gasteiger partial charge in [-0.05, 0) is 92.0 Å². The number of ether oxygens (including phenoxy) is 3. The number of halogens is 2. The van der Waals surface area contributed by atoms with Gasteiger partial charge in [-0.2, -0.15) is 0 Å². The lowest BCUT2D eigenvalue weighted by Gasteiger charge is -2.23. The Balaban J connectivity index is 1.17. The van der Waals surface area contributed by atoms with Crippen LogP contribution in [0.25, 0.3) is 22.3 Å². The molecule has 6 rings (SSSR count). The van der Waals surface area contributed by atoms with Crippen LogP contribution < -0.4 is 9.47 Å². The molecule has 0 radical (unpaired) electrons. The molecule has 5 aromatic carbocycles. The van der Waals surface area contributed by atoms with Gasteiger partial charge in [0.25, 0.3) is 0 Å². The third-order valence-corrected chi connectivity index (χ3v) is 11.3.